The van der Waals surface area contributed by atoms with E-state index in [0.717, 1.165) is 19.4 Å². The highest BCUT2D eigenvalue weighted by molar-refractivity contribution is 6.30. The third-order valence-electron chi connectivity index (χ3n) is 1.50. The second-order valence-electron chi connectivity index (χ2n) is 2.38. The van der Waals surface area contributed by atoms with Crippen molar-refractivity contribution in [3.05, 3.63) is 28.5 Å². The number of carbonyl (C=O) groups is 1. The van der Waals surface area contributed by atoms with Crippen LogP contribution >= 0.6 is 11.6 Å². The highest BCUT2D eigenvalue weighted by Gasteiger charge is 2.20. The summed E-state index contributed by atoms with van der Waals surface area (Å²) in [7, 11) is 1.10. The summed E-state index contributed by atoms with van der Waals surface area (Å²) in [5.41, 5.74) is -0.934. The van der Waals surface area contributed by atoms with Crippen molar-refractivity contribution < 1.29 is 18.3 Å². The molecule has 0 unspecified atom stereocenters. The molecule has 0 atom stereocenters. The van der Waals surface area contributed by atoms with Crippen LogP contribution in [0.5, 0.6) is 0 Å². The van der Waals surface area contributed by atoms with Crippen molar-refractivity contribution >= 4 is 17.6 Å². The number of hydrogen-bond donors (Lipinski definition) is 0. The van der Waals surface area contributed by atoms with Gasteiger partial charge < -0.3 is 4.74 Å². The first kappa shape index (κ1) is 10.8. The van der Waals surface area contributed by atoms with E-state index in [2.05, 4.69) is 9.72 Å². The topological polar surface area (TPSA) is 39.2 Å². The van der Waals surface area contributed by atoms with E-state index in [9.17, 15) is 13.6 Å². The molecule has 0 N–H and O–H groups in total. The maximum absolute atomic E-state index is 12.3. The Kier molecular flexibility index (Phi) is 3.35. The number of esters is 1. The average Bonchev–Trinajstić information content (AvgIpc) is 2.16. The summed E-state index contributed by atoms with van der Waals surface area (Å²) < 4.78 is 29.0. The van der Waals surface area contributed by atoms with Crippen LogP contribution in [0.25, 0.3) is 0 Å². The quantitative estimate of drug-likeness (QED) is 0.720. The number of rotatable bonds is 2. The molecule has 76 valence electrons. The fourth-order valence-corrected chi connectivity index (χ4v) is 1.06. The zero-order valence-corrected chi connectivity index (χ0v) is 7.89. The van der Waals surface area contributed by atoms with Crippen LogP contribution < -0.4 is 0 Å². The lowest BCUT2D eigenvalue weighted by molar-refractivity contribution is 0.0587. The van der Waals surface area contributed by atoms with E-state index in [1.54, 1.807) is 0 Å². The maximum atomic E-state index is 12.3. The second-order valence-corrected chi connectivity index (χ2v) is 2.82. The lowest BCUT2D eigenvalue weighted by Gasteiger charge is -2.05. The molecule has 1 heterocycles. The summed E-state index contributed by atoms with van der Waals surface area (Å²) in [6, 6.07) is 1.10. The minimum absolute atomic E-state index is 0.106. The van der Waals surface area contributed by atoms with Crippen LogP contribution in [0.4, 0.5) is 8.78 Å². The molecular formula is C8H6ClF2NO2. The lowest BCUT2D eigenvalue weighted by Crippen LogP contribution is -2.07. The first-order valence-electron chi connectivity index (χ1n) is 3.58. The predicted molar refractivity (Wildman–Crippen MR) is 45.5 cm³/mol. The number of pyridine rings is 1. The fraction of sp³-hybridized carbons (Fsp3) is 0.250. The maximum Gasteiger partial charge on any atom is 0.339 e. The van der Waals surface area contributed by atoms with Crippen LogP contribution in [0.2, 0.25) is 5.02 Å². The summed E-state index contributed by atoms with van der Waals surface area (Å²) >= 11 is 5.51. The molecule has 0 radical (unpaired) electrons. The fourth-order valence-electron chi connectivity index (χ4n) is 0.897. The SMILES string of the molecule is COC(=O)c1cc(Cl)cnc1C(F)F. The monoisotopic (exact) mass is 221 g/mol. The van der Waals surface area contributed by atoms with Gasteiger partial charge in [0.2, 0.25) is 0 Å². The van der Waals surface area contributed by atoms with Gasteiger partial charge in [-0.15, -0.1) is 0 Å². The number of halogens is 3. The summed E-state index contributed by atoms with van der Waals surface area (Å²) in [6.07, 6.45) is -1.78. The minimum Gasteiger partial charge on any atom is -0.465 e. The Labute approximate surface area is 83.7 Å². The van der Waals surface area contributed by atoms with Crippen molar-refractivity contribution in [2.75, 3.05) is 7.11 Å². The minimum atomic E-state index is -2.83. The van der Waals surface area contributed by atoms with Gasteiger partial charge in [-0.1, -0.05) is 11.6 Å². The number of ether oxygens (including phenoxy) is 1. The zero-order valence-electron chi connectivity index (χ0n) is 7.13. The van der Waals surface area contributed by atoms with Gasteiger partial charge in [-0.3, -0.25) is 4.98 Å². The molecule has 0 bridgehead atoms. The summed E-state index contributed by atoms with van der Waals surface area (Å²) in [4.78, 5) is 14.4. The highest BCUT2D eigenvalue weighted by atomic mass is 35.5. The molecule has 0 aliphatic heterocycles. The first-order chi connectivity index (χ1) is 6.56. The van der Waals surface area contributed by atoms with Crippen LogP contribution in [0.3, 0.4) is 0 Å². The Balaban J connectivity index is 3.22. The highest BCUT2D eigenvalue weighted by Crippen LogP contribution is 2.23. The van der Waals surface area contributed by atoms with Gasteiger partial charge in [0, 0.05) is 6.20 Å². The van der Waals surface area contributed by atoms with E-state index in [-0.39, 0.29) is 10.6 Å². The van der Waals surface area contributed by atoms with Gasteiger partial charge in [0.05, 0.1) is 17.7 Å². The Morgan fingerprint density at radius 1 is 1.64 bits per heavy atom. The molecule has 6 heteroatoms. The Hall–Kier alpha value is -1.23. The van der Waals surface area contributed by atoms with Gasteiger partial charge in [0.15, 0.2) is 0 Å². The third kappa shape index (κ3) is 2.17. The molecule has 1 aromatic rings. The van der Waals surface area contributed by atoms with Gasteiger partial charge >= 0.3 is 5.97 Å². The largest absolute Gasteiger partial charge is 0.465 e. The van der Waals surface area contributed by atoms with Crippen molar-refractivity contribution in [2.45, 2.75) is 6.43 Å². The van der Waals surface area contributed by atoms with Gasteiger partial charge in [0.1, 0.15) is 5.69 Å². The summed E-state index contributed by atoms with van der Waals surface area (Å²) in [5.74, 6) is -0.879. The first-order valence-corrected chi connectivity index (χ1v) is 3.96. The molecule has 14 heavy (non-hydrogen) atoms. The molecule has 1 aromatic heterocycles. The molecule has 0 amide bonds. The molecule has 0 saturated carbocycles. The number of alkyl halides is 2. The van der Waals surface area contributed by atoms with E-state index in [4.69, 9.17) is 11.6 Å². The van der Waals surface area contributed by atoms with Crippen LogP contribution in [0, 0.1) is 0 Å². The molecule has 0 aliphatic carbocycles. The van der Waals surface area contributed by atoms with Crippen molar-refractivity contribution in [3.8, 4) is 0 Å². The van der Waals surface area contributed by atoms with Gasteiger partial charge in [-0.05, 0) is 6.07 Å². The van der Waals surface area contributed by atoms with Crippen molar-refractivity contribution in [3.63, 3.8) is 0 Å². The van der Waals surface area contributed by atoms with E-state index in [1.807, 2.05) is 0 Å². The van der Waals surface area contributed by atoms with E-state index in [1.165, 1.54) is 0 Å². The van der Waals surface area contributed by atoms with Crippen LogP contribution in [-0.2, 0) is 4.74 Å². The number of carbonyl (C=O) groups excluding carboxylic acids is 1. The Morgan fingerprint density at radius 3 is 2.79 bits per heavy atom. The molecule has 0 aromatic carbocycles. The average molecular weight is 222 g/mol. The smallest absolute Gasteiger partial charge is 0.339 e. The third-order valence-corrected chi connectivity index (χ3v) is 1.70. The molecular weight excluding hydrogens is 216 g/mol. The summed E-state index contributed by atoms with van der Waals surface area (Å²) in [6.45, 7) is 0. The zero-order chi connectivity index (χ0) is 10.7. The number of nitrogens with zero attached hydrogens (tertiary/aromatic N) is 1. The van der Waals surface area contributed by atoms with Crippen molar-refractivity contribution in [2.24, 2.45) is 0 Å². The number of methoxy groups -OCH3 is 1. The van der Waals surface area contributed by atoms with Gasteiger partial charge in [-0.2, -0.15) is 0 Å². The molecule has 0 aliphatic rings. The van der Waals surface area contributed by atoms with Crippen LogP contribution in [-0.4, -0.2) is 18.1 Å². The van der Waals surface area contributed by atoms with Gasteiger partial charge in [-0.25, -0.2) is 13.6 Å². The molecule has 3 nitrogen and oxygen atoms in total. The molecule has 0 saturated heterocycles. The van der Waals surface area contributed by atoms with E-state index >= 15 is 0 Å². The van der Waals surface area contributed by atoms with E-state index < -0.39 is 18.1 Å². The Bertz CT molecular complexity index is 357. The summed E-state index contributed by atoms with van der Waals surface area (Å²) in [5, 5.41) is 0.106. The molecule has 0 fully saturated rings. The second kappa shape index (κ2) is 4.32. The number of hydrogen-bond acceptors (Lipinski definition) is 3. The number of aromatic nitrogens is 1. The van der Waals surface area contributed by atoms with E-state index in [0.29, 0.717) is 0 Å². The van der Waals surface area contributed by atoms with Crippen molar-refractivity contribution in [1.29, 1.82) is 0 Å². The van der Waals surface area contributed by atoms with Gasteiger partial charge in [0.25, 0.3) is 6.43 Å². The lowest BCUT2D eigenvalue weighted by atomic mass is 10.2. The van der Waals surface area contributed by atoms with Crippen molar-refractivity contribution in [1.82, 2.24) is 4.98 Å². The molecule has 1 rings (SSSR count). The molecule has 0 spiro atoms. The van der Waals surface area contributed by atoms with Crippen LogP contribution in [0.15, 0.2) is 12.3 Å². The standard InChI is InChI=1S/C8H6ClF2NO2/c1-14-8(13)5-2-4(9)3-12-6(5)7(10)11/h2-3,7H,1H3. The van der Waals surface area contributed by atoms with Crippen LogP contribution in [0.1, 0.15) is 22.5 Å². The Morgan fingerprint density at radius 2 is 2.29 bits per heavy atom. The normalized spacial score (nSPS) is 10.4. The predicted octanol–water partition coefficient (Wildman–Crippen LogP) is 2.46.